The fourth-order valence-electron chi connectivity index (χ4n) is 3.17. The first-order valence-corrected chi connectivity index (χ1v) is 7.67. The van der Waals surface area contributed by atoms with Crippen LogP contribution in [0.15, 0.2) is 36.7 Å². The number of benzene rings is 1. The Balaban J connectivity index is 1.78. The first-order chi connectivity index (χ1) is 11.7. The lowest BCUT2D eigenvalue weighted by Crippen LogP contribution is -2.24. The molecule has 2 aromatic heterocycles. The molecule has 0 unspecified atom stereocenters. The Morgan fingerprint density at radius 2 is 2.00 bits per heavy atom. The summed E-state index contributed by atoms with van der Waals surface area (Å²) in [6.07, 6.45) is 3.98. The van der Waals surface area contributed by atoms with Crippen molar-refractivity contribution in [3.05, 3.63) is 47.8 Å². The number of anilines is 1. The number of amides is 1. The molecule has 0 saturated carbocycles. The maximum Gasteiger partial charge on any atom is 0.226 e. The van der Waals surface area contributed by atoms with Crippen LogP contribution >= 0.6 is 0 Å². The number of H-pyrrole nitrogens is 1. The lowest BCUT2D eigenvalue weighted by molar-refractivity contribution is -0.116. The van der Waals surface area contributed by atoms with Gasteiger partial charge in [-0.2, -0.15) is 10.2 Å². The Morgan fingerprint density at radius 3 is 2.75 bits per heavy atom. The molecule has 7 nitrogen and oxygen atoms in total. The fraction of sp³-hybridized carbons (Fsp3) is 0.235. The van der Waals surface area contributed by atoms with Crippen LogP contribution in [0.5, 0.6) is 5.75 Å². The third-order valence-electron chi connectivity index (χ3n) is 4.41. The molecule has 1 aromatic carbocycles. The van der Waals surface area contributed by atoms with Crippen molar-refractivity contribution in [1.29, 1.82) is 0 Å². The highest BCUT2D eigenvalue weighted by molar-refractivity contribution is 5.94. The quantitative estimate of drug-likeness (QED) is 0.774. The normalized spacial score (nSPS) is 16.6. The average molecular weight is 323 g/mol. The van der Waals surface area contributed by atoms with Crippen LogP contribution in [-0.4, -0.2) is 33.0 Å². The number of hydrogen-bond donors (Lipinski definition) is 2. The summed E-state index contributed by atoms with van der Waals surface area (Å²) in [5.41, 5.74) is 3.91. The summed E-state index contributed by atoms with van der Waals surface area (Å²) in [5.74, 6) is 1.46. The van der Waals surface area contributed by atoms with Gasteiger partial charge in [-0.1, -0.05) is 0 Å². The Kier molecular flexibility index (Phi) is 3.34. The SMILES string of the molecule is COc1ccc(-c2[nH]ncc2[C@H]2CC(=O)Nc3c2cnn3C)cc1. The summed E-state index contributed by atoms with van der Waals surface area (Å²) < 4.78 is 6.89. The van der Waals surface area contributed by atoms with Crippen LogP contribution in [0, 0.1) is 0 Å². The van der Waals surface area contributed by atoms with Gasteiger partial charge in [-0.25, -0.2) is 0 Å². The summed E-state index contributed by atoms with van der Waals surface area (Å²) in [6.45, 7) is 0. The number of carbonyl (C=O) groups is 1. The number of nitrogens with one attached hydrogen (secondary N) is 2. The molecule has 0 bridgehead atoms. The van der Waals surface area contributed by atoms with Gasteiger partial charge in [0.25, 0.3) is 0 Å². The van der Waals surface area contributed by atoms with Gasteiger partial charge in [-0.05, 0) is 24.3 Å². The van der Waals surface area contributed by atoms with Crippen LogP contribution in [0.1, 0.15) is 23.5 Å². The Labute approximate surface area is 138 Å². The van der Waals surface area contributed by atoms with Crippen LogP contribution in [0.4, 0.5) is 5.82 Å². The molecule has 3 aromatic rings. The van der Waals surface area contributed by atoms with Crippen LogP contribution < -0.4 is 10.1 Å². The predicted octanol–water partition coefficient (Wildman–Crippen LogP) is 2.29. The summed E-state index contributed by atoms with van der Waals surface area (Å²) in [7, 11) is 3.46. The first kappa shape index (κ1) is 14.5. The highest BCUT2D eigenvalue weighted by Crippen LogP contribution is 2.40. The van der Waals surface area contributed by atoms with Crippen molar-refractivity contribution < 1.29 is 9.53 Å². The minimum absolute atomic E-state index is 0.0158. The first-order valence-electron chi connectivity index (χ1n) is 7.67. The van der Waals surface area contributed by atoms with Gasteiger partial charge in [0.2, 0.25) is 5.91 Å². The Bertz CT molecular complexity index is 894. The van der Waals surface area contributed by atoms with E-state index in [0.717, 1.165) is 34.0 Å². The predicted molar refractivity (Wildman–Crippen MR) is 88.9 cm³/mol. The fourth-order valence-corrected chi connectivity index (χ4v) is 3.17. The maximum atomic E-state index is 12.1. The zero-order valence-electron chi connectivity index (χ0n) is 13.4. The molecule has 3 heterocycles. The molecule has 0 radical (unpaired) electrons. The van der Waals surface area contributed by atoms with Gasteiger partial charge in [0.05, 0.1) is 25.2 Å². The molecule has 1 aliphatic heterocycles. The van der Waals surface area contributed by atoms with Crippen LogP contribution in [0.25, 0.3) is 11.3 Å². The van der Waals surface area contributed by atoms with Gasteiger partial charge in [0.15, 0.2) is 0 Å². The van der Waals surface area contributed by atoms with Crippen molar-refractivity contribution in [2.75, 3.05) is 12.4 Å². The number of hydrogen-bond acceptors (Lipinski definition) is 4. The molecule has 0 fully saturated rings. The van der Waals surface area contributed by atoms with Crippen LogP contribution in [0.3, 0.4) is 0 Å². The number of fused-ring (bicyclic) bond motifs is 1. The number of aromatic nitrogens is 4. The molecule has 4 rings (SSSR count). The van der Waals surface area contributed by atoms with Crippen LogP contribution in [-0.2, 0) is 11.8 Å². The number of methoxy groups -OCH3 is 1. The average Bonchev–Trinajstić information content (AvgIpc) is 3.22. The molecule has 1 aliphatic rings. The molecule has 2 N–H and O–H groups in total. The summed E-state index contributed by atoms with van der Waals surface area (Å²) in [5, 5.41) is 14.4. The number of rotatable bonds is 3. The van der Waals surface area contributed by atoms with Crippen molar-refractivity contribution in [3.8, 4) is 17.0 Å². The molecular weight excluding hydrogens is 306 g/mol. The van der Waals surface area contributed by atoms with Gasteiger partial charge in [0, 0.05) is 36.1 Å². The molecule has 0 aliphatic carbocycles. The molecule has 7 heteroatoms. The minimum atomic E-state index is -0.0710. The third-order valence-corrected chi connectivity index (χ3v) is 4.41. The van der Waals surface area contributed by atoms with E-state index in [9.17, 15) is 4.79 Å². The lowest BCUT2D eigenvalue weighted by Gasteiger charge is -2.23. The largest absolute Gasteiger partial charge is 0.497 e. The Morgan fingerprint density at radius 1 is 1.21 bits per heavy atom. The van der Waals surface area contributed by atoms with Crippen molar-refractivity contribution in [1.82, 2.24) is 20.0 Å². The second-order valence-corrected chi connectivity index (χ2v) is 5.81. The maximum absolute atomic E-state index is 12.1. The molecule has 0 spiro atoms. The number of carbonyl (C=O) groups excluding carboxylic acids is 1. The summed E-state index contributed by atoms with van der Waals surface area (Å²) >= 11 is 0. The number of ether oxygens (including phenoxy) is 1. The van der Waals surface area contributed by atoms with E-state index < -0.39 is 0 Å². The molecule has 0 saturated heterocycles. The highest BCUT2D eigenvalue weighted by atomic mass is 16.5. The second kappa shape index (κ2) is 5.52. The topological polar surface area (TPSA) is 84.8 Å². The van der Waals surface area contributed by atoms with E-state index >= 15 is 0 Å². The van der Waals surface area contributed by atoms with E-state index in [2.05, 4.69) is 20.6 Å². The number of nitrogens with zero attached hydrogens (tertiary/aromatic N) is 3. The summed E-state index contributed by atoms with van der Waals surface area (Å²) in [6, 6.07) is 7.76. The van der Waals surface area contributed by atoms with Gasteiger partial charge >= 0.3 is 0 Å². The molecule has 122 valence electrons. The number of aryl methyl sites for hydroxylation is 1. The summed E-state index contributed by atoms with van der Waals surface area (Å²) in [4.78, 5) is 12.1. The van der Waals surface area contributed by atoms with E-state index in [4.69, 9.17) is 4.74 Å². The third kappa shape index (κ3) is 2.25. The van der Waals surface area contributed by atoms with Crippen molar-refractivity contribution in [2.45, 2.75) is 12.3 Å². The van der Waals surface area contributed by atoms with Gasteiger partial charge in [0.1, 0.15) is 11.6 Å². The van der Waals surface area contributed by atoms with Crippen molar-refractivity contribution in [3.63, 3.8) is 0 Å². The standard InChI is InChI=1S/C17H17N5O2/c1-22-17-14(9-19-22)12(7-15(23)20-17)13-8-18-21-16(13)10-3-5-11(24-2)6-4-10/h3-6,8-9,12H,7H2,1-2H3,(H,18,21)(H,20,23)/t12-/m1/s1. The second-order valence-electron chi connectivity index (χ2n) is 5.81. The van der Waals surface area contributed by atoms with Crippen LogP contribution in [0.2, 0.25) is 0 Å². The minimum Gasteiger partial charge on any atom is -0.497 e. The van der Waals surface area contributed by atoms with E-state index in [1.165, 1.54) is 0 Å². The highest BCUT2D eigenvalue weighted by Gasteiger charge is 2.31. The van der Waals surface area contributed by atoms with E-state index in [-0.39, 0.29) is 11.8 Å². The van der Waals surface area contributed by atoms with E-state index in [0.29, 0.717) is 6.42 Å². The van der Waals surface area contributed by atoms with Crippen molar-refractivity contribution >= 4 is 11.7 Å². The van der Waals surface area contributed by atoms with E-state index in [1.54, 1.807) is 18.0 Å². The van der Waals surface area contributed by atoms with Gasteiger partial charge in [-0.3, -0.25) is 14.6 Å². The zero-order valence-corrected chi connectivity index (χ0v) is 13.4. The molecule has 1 atom stereocenters. The van der Waals surface area contributed by atoms with E-state index in [1.807, 2.05) is 37.5 Å². The zero-order chi connectivity index (χ0) is 16.7. The molecule has 24 heavy (non-hydrogen) atoms. The monoisotopic (exact) mass is 323 g/mol. The van der Waals surface area contributed by atoms with Gasteiger partial charge in [-0.15, -0.1) is 0 Å². The number of aromatic amines is 1. The van der Waals surface area contributed by atoms with Crippen molar-refractivity contribution in [2.24, 2.45) is 7.05 Å². The Hall–Kier alpha value is -3.09. The smallest absolute Gasteiger partial charge is 0.226 e. The molecular formula is C17H17N5O2. The molecule has 1 amide bonds. The lowest BCUT2D eigenvalue weighted by atomic mass is 9.86. The van der Waals surface area contributed by atoms with Gasteiger partial charge < -0.3 is 10.1 Å².